The van der Waals surface area contributed by atoms with Crippen LogP contribution in [0.5, 0.6) is 0 Å². The van der Waals surface area contributed by atoms with Crippen LogP contribution in [0.15, 0.2) is 182 Å². The molecule has 0 saturated carbocycles. The maximum atomic E-state index is 13.6. The van der Waals surface area contributed by atoms with Crippen LogP contribution in [-0.4, -0.2) is 79.9 Å². The molecule has 340 valence electrons. The zero-order valence-corrected chi connectivity index (χ0v) is 38.5. The lowest BCUT2D eigenvalue weighted by molar-refractivity contribution is -0.133. The Morgan fingerprint density at radius 2 is 0.682 bits per heavy atom. The number of amides is 6. The third-order valence-corrected chi connectivity index (χ3v) is 13.8. The normalized spacial score (nSPS) is 19.6. The topological polar surface area (TPSA) is 122 Å². The van der Waals surface area contributed by atoms with Gasteiger partial charge >= 0.3 is 12.1 Å². The highest BCUT2D eigenvalue weighted by molar-refractivity contribution is 5.98. The summed E-state index contributed by atoms with van der Waals surface area (Å²) in [5.74, 6) is -1.52. The van der Waals surface area contributed by atoms with Gasteiger partial charge in [0.15, 0.2) is 0 Å². The predicted molar refractivity (Wildman–Crippen MR) is 257 cm³/mol. The summed E-state index contributed by atoms with van der Waals surface area (Å²) in [6.07, 6.45) is 0.0475. The Kier molecular flexibility index (Phi) is 14.3. The van der Waals surface area contributed by atoms with Crippen molar-refractivity contribution in [2.75, 3.05) is 14.1 Å². The highest BCUT2D eigenvalue weighted by atomic mass is 16.3. The molecule has 2 fully saturated rings. The number of urea groups is 2. The zero-order chi connectivity index (χ0) is 47.2. The molecule has 8 rings (SSSR count). The fourth-order valence-electron chi connectivity index (χ4n) is 9.72. The number of aliphatic hydroxyl groups is 2. The van der Waals surface area contributed by atoms with Crippen molar-refractivity contribution in [3.63, 3.8) is 0 Å². The van der Waals surface area contributed by atoms with Gasteiger partial charge in [-0.05, 0) is 47.2 Å². The summed E-state index contributed by atoms with van der Waals surface area (Å²) < 4.78 is 0. The van der Waals surface area contributed by atoms with Crippen molar-refractivity contribution >= 4 is 23.9 Å². The van der Waals surface area contributed by atoms with E-state index in [1.165, 1.54) is 9.80 Å². The van der Waals surface area contributed by atoms with E-state index in [0.29, 0.717) is 22.3 Å². The van der Waals surface area contributed by atoms with E-state index in [2.05, 4.69) is 0 Å². The highest BCUT2D eigenvalue weighted by Crippen LogP contribution is 2.43. The second-order valence-electron chi connectivity index (χ2n) is 17.7. The SMILES string of the molecule is C[C@@H]1[C@H](c2ccccc2)N(C(=O)C[C@H](C)C(O)(c2ccccc2)c2ccccc2)C(=O)N1C.C[C@@H]1[C@H](c2ccccc2)N(C(=O)C[C@H](C)C(O)(c2ccccc2)c2ccccc2)C(=O)N1C. The molecule has 0 aliphatic carbocycles. The van der Waals surface area contributed by atoms with Gasteiger partial charge in [-0.3, -0.25) is 19.4 Å². The molecule has 6 aromatic rings. The van der Waals surface area contributed by atoms with Gasteiger partial charge < -0.3 is 20.0 Å². The molecule has 6 aromatic carbocycles. The zero-order valence-electron chi connectivity index (χ0n) is 38.5. The Morgan fingerprint density at radius 1 is 0.455 bits per heavy atom. The summed E-state index contributed by atoms with van der Waals surface area (Å²) in [6, 6.07) is 55.2. The smallest absolute Gasteiger partial charge is 0.327 e. The van der Waals surface area contributed by atoms with Crippen LogP contribution in [0.4, 0.5) is 9.59 Å². The predicted octanol–water partition coefficient (Wildman–Crippen LogP) is 9.95. The van der Waals surface area contributed by atoms with Crippen molar-refractivity contribution in [1.82, 2.24) is 19.6 Å². The maximum absolute atomic E-state index is 13.6. The molecule has 66 heavy (non-hydrogen) atoms. The molecular formula is C56H60N4O6. The molecular weight excluding hydrogens is 825 g/mol. The molecule has 6 amide bonds. The number of rotatable bonds is 12. The van der Waals surface area contributed by atoms with E-state index in [-0.39, 0.29) is 60.9 Å². The Bertz CT molecular complexity index is 2310. The van der Waals surface area contributed by atoms with Gasteiger partial charge in [-0.25, -0.2) is 9.59 Å². The highest BCUT2D eigenvalue weighted by Gasteiger charge is 2.49. The van der Waals surface area contributed by atoms with E-state index in [1.54, 1.807) is 23.9 Å². The van der Waals surface area contributed by atoms with Crippen LogP contribution in [0.25, 0.3) is 0 Å². The van der Waals surface area contributed by atoms with Crippen molar-refractivity contribution in [2.45, 2.75) is 75.9 Å². The van der Waals surface area contributed by atoms with E-state index >= 15 is 0 Å². The van der Waals surface area contributed by atoms with Gasteiger partial charge in [0, 0.05) is 38.8 Å². The lowest BCUT2D eigenvalue weighted by Crippen LogP contribution is -2.41. The number of nitrogens with zero attached hydrogens (tertiary/aromatic N) is 4. The first kappa shape index (κ1) is 47.1. The summed E-state index contributed by atoms with van der Waals surface area (Å²) in [7, 11) is 3.45. The molecule has 2 N–H and O–H groups in total. The van der Waals surface area contributed by atoms with Crippen molar-refractivity contribution in [1.29, 1.82) is 0 Å². The summed E-state index contributed by atoms with van der Waals surface area (Å²) in [5, 5.41) is 24.0. The average Bonchev–Trinajstić information content (AvgIpc) is 3.73. The minimum Gasteiger partial charge on any atom is -0.380 e. The Morgan fingerprint density at radius 3 is 0.924 bits per heavy atom. The first-order valence-electron chi connectivity index (χ1n) is 22.7. The lowest BCUT2D eigenvalue weighted by Gasteiger charge is -2.36. The fourth-order valence-corrected chi connectivity index (χ4v) is 9.72. The van der Waals surface area contributed by atoms with E-state index in [9.17, 15) is 29.4 Å². The van der Waals surface area contributed by atoms with Crippen LogP contribution in [0, 0.1) is 11.8 Å². The summed E-state index contributed by atoms with van der Waals surface area (Å²) in [5.41, 5.74) is 1.96. The largest absolute Gasteiger partial charge is 0.380 e. The summed E-state index contributed by atoms with van der Waals surface area (Å²) in [6.45, 7) is 7.64. The second kappa shape index (κ2) is 20.1. The molecule has 10 heteroatoms. The Balaban J connectivity index is 0.000000196. The van der Waals surface area contributed by atoms with Crippen molar-refractivity contribution < 1.29 is 29.4 Å². The molecule has 2 saturated heterocycles. The molecule has 0 unspecified atom stereocenters. The van der Waals surface area contributed by atoms with Crippen LogP contribution < -0.4 is 0 Å². The minimum absolute atomic E-state index is 0.0237. The quantitative estimate of drug-likeness (QED) is 0.126. The molecule has 6 atom stereocenters. The number of hydrogen-bond donors (Lipinski definition) is 2. The molecule has 2 heterocycles. The van der Waals surface area contributed by atoms with Crippen molar-refractivity contribution in [3.05, 3.63) is 215 Å². The molecule has 0 spiro atoms. The van der Waals surface area contributed by atoms with Crippen molar-refractivity contribution in [3.8, 4) is 0 Å². The maximum Gasteiger partial charge on any atom is 0.327 e. The molecule has 0 bridgehead atoms. The van der Waals surface area contributed by atoms with Crippen LogP contribution in [0.3, 0.4) is 0 Å². The average molecular weight is 885 g/mol. The van der Waals surface area contributed by atoms with E-state index in [4.69, 9.17) is 0 Å². The summed E-state index contributed by atoms with van der Waals surface area (Å²) in [4.78, 5) is 59.4. The third kappa shape index (κ3) is 9.03. The van der Waals surface area contributed by atoms with Gasteiger partial charge in [-0.15, -0.1) is 0 Å². The minimum atomic E-state index is -1.37. The fraction of sp³-hybridized carbons (Fsp3) is 0.286. The monoisotopic (exact) mass is 884 g/mol. The molecule has 2 aliphatic heterocycles. The van der Waals surface area contributed by atoms with Crippen LogP contribution >= 0.6 is 0 Å². The Hall–Kier alpha value is -6.88. The number of carbonyl (C=O) groups is 4. The van der Waals surface area contributed by atoms with E-state index in [1.807, 2.05) is 210 Å². The van der Waals surface area contributed by atoms with Crippen LogP contribution in [0.2, 0.25) is 0 Å². The van der Waals surface area contributed by atoms with Gasteiger partial charge in [0.05, 0.1) is 24.2 Å². The number of hydrogen-bond acceptors (Lipinski definition) is 6. The number of imide groups is 2. The van der Waals surface area contributed by atoms with Gasteiger partial charge in [-0.2, -0.15) is 0 Å². The molecule has 2 aliphatic rings. The number of carbonyl (C=O) groups excluding carboxylic acids is 4. The number of likely N-dealkylation sites (N-methyl/N-ethyl adjacent to an activating group) is 2. The molecule has 10 nitrogen and oxygen atoms in total. The van der Waals surface area contributed by atoms with Gasteiger partial charge in [-0.1, -0.05) is 196 Å². The summed E-state index contributed by atoms with van der Waals surface area (Å²) >= 11 is 0. The Labute approximate surface area is 388 Å². The van der Waals surface area contributed by atoms with Gasteiger partial charge in [0.2, 0.25) is 11.8 Å². The molecule has 0 radical (unpaired) electrons. The first-order valence-corrected chi connectivity index (χ1v) is 22.7. The van der Waals surface area contributed by atoms with Crippen LogP contribution in [-0.2, 0) is 20.8 Å². The standard InChI is InChI=1S/2C28H30N2O3/c2*1-20(28(33,23-15-9-5-10-16-23)24-17-11-6-12-18-24)19-25(31)30-26(21(2)29(3)27(30)32)22-13-7-4-8-14-22/h2*4-18,20-21,26,33H,19H2,1-3H3/t2*20-,21+,26+/m00/s1. The first-order chi connectivity index (χ1) is 31.7. The molecule has 0 aromatic heterocycles. The van der Waals surface area contributed by atoms with Gasteiger partial charge in [0.25, 0.3) is 0 Å². The number of benzene rings is 6. The second-order valence-corrected chi connectivity index (χ2v) is 17.7. The van der Waals surface area contributed by atoms with E-state index in [0.717, 1.165) is 11.1 Å². The van der Waals surface area contributed by atoms with Gasteiger partial charge in [0.1, 0.15) is 11.2 Å². The lowest BCUT2D eigenvalue weighted by atomic mass is 9.75. The third-order valence-electron chi connectivity index (χ3n) is 13.8. The van der Waals surface area contributed by atoms with Crippen LogP contribution in [0.1, 0.15) is 86.0 Å². The van der Waals surface area contributed by atoms with E-state index < -0.39 is 23.0 Å². The van der Waals surface area contributed by atoms with Crippen molar-refractivity contribution in [2.24, 2.45) is 11.8 Å².